The summed E-state index contributed by atoms with van der Waals surface area (Å²) in [4.78, 5) is 11.0. The molecule has 1 aliphatic carbocycles. The lowest BCUT2D eigenvalue weighted by atomic mass is 9.69. The summed E-state index contributed by atoms with van der Waals surface area (Å²) in [6, 6.07) is 0. The molecule has 0 heterocycles. The van der Waals surface area contributed by atoms with Crippen LogP contribution < -0.4 is 0 Å². The second-order valence-corrected chi connectivity index (χ2v) is 5.57. The number of halogens is 1. The van der Waals surface area contributed by atoms with Crippen molar-refractivity contribution in [2.24, 2.45) is 23.7 Å². The Morgan fingerprint density at radius 3 is 2.57 bits per heavy atom. The highest BCUT2D eigenvalue weighted by Gasteiger charge is 2.31. The molecule has 1 nitrogen and oxygen atoms in total. The van der Waals surface area contributed by atoms with Crippen LogP contribution in [0.5, 0.6) is 0 Å². The number of carbonyl (C=O) groups is 1. The van der Waals surface area contributed by atoms with Gasteiger partial charge in [0.05, 0.1) is 0 Å². The van der Waals surface area contributed by atoms with Crippen LogP contribution in [0.15, 0.2) is 0 Å². The maximum Gasteiger partial charge on any atom is 0.221 e. The highest BCUT2D eigenvalue weighted by molar-refractivity contribution is 6.63. The quantitative estimate of drug-likeness (QED) is 0.655. The van der Waals surface area contributed by atoms with Crippen molar-refractivity contribution < 1.29 is 4.79 Å². The first-order chi connectivity index (χ1) is 6.50. The van der Waals surface area contributed by atoms with E-state index >= 15 is 0 Å². The van der Waals surface area contributed by atoms with Gasteiger partial charge in [-0.05, 0) is 48.1 Å². The molecule has 82 valence electrons. The smallest absolute Gasteiger partial charge is 0.221 e. The fourth-order valence-electron chi connectivity index (χ4n) is 2.84. The van der Waals surface area contributed by atoms with Crippen molar-refractivity contribution in [1.29, 1.82) is 0 Å². The van der Waals surface area contributed by atoms with Gasteiger partial charge in [0.15, 0.2) is 0 Å². The minimum Gasteiger partial charge on any atom is -0.281 e. The minimum absolute atomic E-state index is 0.158. The fraction of sp³-hybridized carbons (Fsp3) is 0.917. The van der Waals surface area contributed by atoms with Crippen molar-refractivity contribution in [2.45, 2.75) is 46.5 Å². The van der Waals surface area contributed by atoms with Crippen LogP contribution in [0.4, 0.5) is 0 Å². The molecular formula is C12H21ClO. The molecule has 0 aromatic rings. The average molecular weight is 217 g/mol. The summed E-state index contributed by atoms with van der Waals surface area (Å²) >= 11 is 5.49. The van der Waals surface area contributed by atoms with Gasteiger partial charge < -0.3 is 0 Å². The predicted octanol–water partition coefficient (Wildman–Crippen LogP) is 3.85. The first kappa shape index (κ1) is 12.0. The zero-order chi connectivity index (χ0) is 10.7. The van der Waals surface area contributed by atoms with Crippen molar-refractivity contribution in [1.82, 2.24) is 0 Å². The largest absolute Gasteiger partial charge is 0.281 e. The normalized spacial score (nSPS) is 33.4. The molecule has 0 aliphatic heterocycles. The molecule has 0 saturated heterocycles. The highest BCUT2D eigenvalue weighted by atomic mass is 35.5. The maximum atomic E-state index is 11.0. The molecule has 1 saturated carbocycles. The molecule has 1 aliphatic rings. The lowest BCUT2D eigenvalue weighted by molar-refractivity contribution is -0.113. The number of hydrogen-bond donors (Lipinski definition) is 0. The zero-order valence-corrected chi connectivity index (χ0v) is 10.2. The topological polar surface area (TPSA) is 17.1 Å². The molecule has 0 amide bonds. The first-order valence-electron chi connectivity index (χ1n) is 5.69. The highest BCUT2D eigenvalue weighted by Crippen LogP contribution is 2.39. The summed E-state index contributed by atoms with van der Waals surface area (Å²) < 4.78 is 0. The zero-order valence-electron chi connectivity index (χ0n) is 9.42. The second-order valence-electron chi connectivity index (χ2n) is 5.15. The Kier molecular flexibility index (Phi) is 4.43. The molecule has 3 unspecified atom stereocenters. The Labute approximate surface area is 92.2 Å². The van der Waals surface area contributed by atoms with Crippen LogP contribution in [-0.4, -0.2) is 5.24 Å². The molecule has 1 rings (SSSR count). The van der Waals surface area contributed by atoms with Gasteiger partial charge in [0.2, 0.25) is 5.24 Å². The summed E-state index contributed by atoms with van der Waals surface area (Å²) in [6.45, 7) is 6.79. The third-order valence-electron chi connectivity index (χ3n) is 3.58. The Balaban J connectivity index is 2.58. The molecule has 14 heavy (non-hydrogen) atoms. The van der Waals surface area contributed by atoms with Crippen LogP contribution in [0.1, 0.15) is 46.5 Å². The van der Waals surface area contributed by atoms with E-state index in [1.165, 1.54) is 19.3 Å². The first-order valence-corrected chi connectivity index (χ1v) is 6.06. The van der Waals surface area contributed by atoms with E-state index in [1.807, 2.05) is 0 Å². The van der Waals surface area contributed by atoms with E-state index in [1.54, 1.807) is 0 Å². The van der Waals surface area contributed by atoms with Crippen molar-refractivity contribution in [3.05, 3.63) is 0 Å². The van der Waals surface area contributed by atoms with Gasteiger partial charge in [0.25, 0.3) is 0 Å². The molecule has 0 bridgehead atoms. The van der Waals surface area contributed by atoms with Gasteiger partial charge in [-0.1, -0.05) is 27.2 Å². The second kappa shape index (κ2) is 5.16. The molecule has 0 N–H and O–H groups in total. The lowest BCUT2D eigenvalue weighted by Crippen LogP contribution is -2.28. The van der Waals surface area contributed by atoms with Crippen LogP contribution in [0.2, 0.25) is 0 Å². The molecular weight excluding hydrogens is 196 g/mol. The van der Waals surface area contributed by atoms with Crippen molar-refractivity contribution in [3.8, 4) is 0 Å². The minimum atomic E-state index is -0.158. The molecule has 2 heteroatoms. The van der Waals surface area contributed by atoms with E-state index in [9.17, 15) is 4.79 Å². The SMILES string of the molecule is CC1CCC(C(C)C)C(CC(=O)Cl)C1. The third kappa shape index (κ3) is 3.27. The molecule has 0 aromatic carbocycles. The number of hydrogen-bond acceptors (Lipinski definition) is 1. The van der Waals surface area contributed by atoms with Crippen molar-refractivity contribution in [2.75, 3.05) is 0 Å². The molecule has 3 atom stereocenters. The summed E-state index contributed by atoms with van der Waals surface area (Å²) in [5.41, 5.74) is 0. The van der Waals surface area contributed by atoms with E-state index in [-0.39, 0.29) is 5.24 Å². The molecule has 1 fully saturated rings. The fourth-order valence-corrected chi connectivity index (χ4v) is 3.04. The van der Waals surface area contributed by atoms with Gasteiger partial charge in [-0.25, -0.2) is 0 Å². The summed E-state index contributed by atoms with van der Waals surface area (Å²) in [5, 5.41) is -0.158. The average Bonchev–Trinajstić information content (AvgIpc) is 2.01. The summed E-state index contributed by atoms with van der Waals surface area (Å²) in [6.07, 6.45) is 4.35. The summed E-state index contributed by atoms with van der Waals surface area (Å²) in [5.74, 6) is 2.69. The van der Waals surface area contributed by atoms with Crippen LogP contribution in [0, 0.1) is 23.7 Å². The van der Waals surface area contributed by atoms with Gasteiger partial charge in [-0.3, -0.25) is 4.79 Å². The standard InChI is InChI=1S/C12H21ClO/c1-8(2)11-5-4-9(3)6-10(11)7-12(13)14/h8-11H,4-7H2,1-3H3. The molecule has 0 spiro atoms. The van der Waals surface area contributed by atoms with Crippen LogP contribution in [0.3, 0.4) is 0 Å². The Bertz CT molecular complexity index is 200. The van der Waals surface area contributed by atoms with Gasteiger partial charge in [-0.2, -0.15) is 0 Å². The van der Waals surface area contributed by atoms with E-state index < -0.39 is 0 Å². The van der Waals surface area contributed by atoms with E-state index in [2.05, 4.69) is 20.8 Å². The van der Waals surface area contributed by atoms with Crippen LogP contribution >= 0.6 is 11.6 Å². The molecule has 0 aromatic heterocycles. The Hall–Kier alpha value is -0.0400. The summed E-state index contributed by atoms with van der Waals surface area (Å²) in [7, 11) is 0. The van der Waals surface area contributed by atoms with Crippen LogP contribution in [0.25, 0.3) is 0 Å². The van der Waals surface area contributed by atoms with Crippen molar-refractivity contribution >= 4 is 16.8 Å². The number of rotatable bonds is 3. The Morgan fingerprint density at radius 2 is 2.07 bits per heavy atom. The predicted molar refractivity (Wildman–Crippen MR) is 60.3 cm³/mol. The number of carbonyl (C=O) groups excluding carboxylic acids is 1. The van der Waals surface area contributed by atoms with E-state index in [0.29, 0.717) is 24.2 Å². The third-order valence-corrected chi connectivity index (χ3v) is 3.74. The monoisotopic (exact) mass is 216 g/mol. The van der Waals surface area contributed by atoms with Crippen LogP contribution in [-0.2, 0) is 4.79 Å². The van der Waals surface area contributed by atoms with Gasteiger partial charge >= 0.3 is 0 Å². The lowest BCUT2D eigenvalue weighted by Gasteiger charge is -2.36. The molecule has 0 radical (unpaired) electrons. The van der Waals surface area contributed by atoms with Gasteiger partial charge in [0.1, 0.15) is 0 Å². The van der Waals surface area contributed by atoms with Crippen molar-refractivity contribution in [3.63, 3.8) is 0 Å². The van der Waals surface area contributed by atoms with Gasteiger partial charge in [0, 0.05) is 6.42 Å². The Morgan fingerprint density at radius 1 is 1.43 bits per heavy atom. The van der Waals surface area contributed by atoms with E-state index in [0.717, 1.165) is 5.92 Å². The van der Waals surface area contributed by atoms with E-state index in [4.69, 9.17) is 11.6 Å². The van der Waals surface area contributed by atoms with Gasteiger partial charge in [-0.15, -0.1) is 0 Å². The maximum absolute atomic E-state index is 11.0.